The van der Waals surface area contributed by atoms with Crippen LogP contribution in [0.25, 0.3) is 11.0 Å². The summed E-state index contributed by atoms with van der Waals surface area (Å²) < 4.78 is 0. The molecule has 4 heterocycles. The van der Waals surface area contributed by atoms with Crippen LogP contribution in [0.4, 0.5) is 11.8 Å². The lowest BCUT2D eigenvalue weighted by Crippen LogP contribution is -2.45. The van der Waals surface area contributed by atoms with E-state index in [0.717, 1.165) is 73.6 Å². The van der Waals surface area contributed by atoms with Crippen LogP contribution >= 0.6 is 36.6 Å². The smallest absolute Gasteiger partial charge is 0.228 e. The van der Waals surface area contributed by atoms with E-state index >= 15 is 0 Å². The molecule has 2 fully saturated rings. The number of likely N-dealkylation sites (N-methyl/N-ethyl adjacent to an activating group) is 1. The summed E-state index contributed by atoms with van der Waals surface area (Å²) in [5, 5.41) is 0. The van der Waals surface area contributed by atoms with Crippen LogP contribution in [0, 0.1) is 0 Å². The van der Waals surface area contributed by atoms with Crippen LogP contribution in [0.2, 0.25) is 0 Å². The largest absolute Gasteiger partial charge is 0.353 e. The Balaban J connectivity index is 0.00000113. The standard InChI is InChI=1S/C16H22N6S.2ClH/c1-20-5-7-22(8-6-20)16-18-13-3-2-4-17-14(13)15(19-16)21-9-11-23-12-10-21;;/h2-4H,5-12H2,1H3;2*1H. The van der Waals surface area contributed by atoms with Crippen molar-refractivity contribution < 1.29 is 0 Å². The molecule has 0 radical (unpaired) electrons. The van der Waals surface area contributed by atoms with E-state index in [1.54, 1.807) is 0 Å². The van der Waals surface area contributed by atoms with Crippen LogP contribution in [-0.2, 0) is 0 Å². The molecule has 2 aromatic rings. The van der Waals surface area contributed by atoms with E-state index in [2.05, 4.69) is 26.7 Å². The average molecular weight is 403 g/mol. The van der Waals surface area contributed by atoms with E-state index in [1.807, 2.05) is 30.1 Å². The number of pyridine rings is 1. The van der Waals surface area contributed by atoms with Crippen LogP contribution < -0.4 is 9.80 Å². The van der Waals surface area contributed by atoms with Gasteiger partial charge in [-0.1, -0.05) is 0 Å². The third-order valence-corrected chi connectivity index (χ3v) is 5.46. The molecule has 0 amide bonds. The molecule has 0 saturated carbocycles. The van der Waals surface area contributed by atoms with Gasteiger partial charge in [0.15, 0.2) is 5.82 Å². The van der Waals surface area contributed by atoms with E-state index in [1.165, 1.54) is 0 Å². The average Bonchev–Trinajstić information content (AvgIpc) is 2.62. The highest BCUT2D eigenvalue weighted by Gasteiger charge is 2.22. The van der Waals surface area contributed by atoms with Crippen LogP contribution in [0.3, 0.4) is 0 Å². The van der Waals surface area contributed by atoms with Gasteiger partial charge in [-0.2, -0.15) is 16.7 Å². The minimum absolute atomic E-state index is 0. The maximum absolute atomic E-state index is 4.92. The molecule has 138 valence electrons. The number of hydrogen-bond acceptors (Lipinski definition) is 7. The number of fused-ring (bicyclic) bond motifs is 1. The highest BCUT2D eigenvalue weighted by molar-refractivity contribution is 7.99. The molecular weight excluding hydrogens is 379 g/mol. The van der Waals surface area contributed by atoms with Gasteiger partial charge in [0.25, 0.3) is 0 Å². The van der Waals surface area contributed by atoms with Crippen molar-refractivity contribution in [3.05, 3.63) is 18.3 Å². The Kier molecular flexibility index (Phi) is 7.37. The number of anilines is 2. The second-order valence-corrected chi connectivity index (χ2v) is 7.33. The molecule has 0 atom stereocenters. The number of halogens is 2. The van der Waals surface area contributed by atoms with Gasteiger partial charge in [0.2, 0.25) is 5.95 Å². The van der Waals surface area contributed by atoms with Crippen LogP contribution in [-0.4, -0.2) is 77.7 Å². The van der Waals surface area contributed by atoms with Crippen LogP contribution in [0.1, 0.15) is 0 Å². The van der Waals surface area contributed by atoms with E-state index in [-0.39, 0.29) is 24.8 Å². The maximum Gasteiger partial charge on any atom is 0.228 e. The van der Waals surface area contributed by atoms with Gasteiger partial charge >= 0.3 is 0 Å². The first kappa shape index (κ1) is 20.3. The number of thioether (sulfide) groups is 1. The van der Waals surface area contributed by atoms with Crippen molar-refractivity contribution in [2.45, 2.75) is 0 Å². The predicted octanol–water partition coefficient (Wildman–Crippen LogP) is 2.17. The van der Waals surface area contributed by atoms with Gasteiger partial charge in [-0.25, -0.2) is 4.98 Å². The Labute approximate surface area is 165 Å². The third kappa shape index (κ3) is 4.39. The van der Waals surface area contributed by atoms with Crippen LogP contribution in [0.5, 0.6) is 0 Å². The zero-order valence-corrected chi connectivity index (χ0v) is 16.7. The normalized spacial score (nSPS) is 18.6. The quantitative estimate of drug-likeness (QED) is 0.762. The summed E-state index contributed by atoms with van der Waals surface area (Å²) in [7, 11) is 2.17. The second kappa shape index (κ2) is 9.07. The fourth-order valence-electron chi connectivity index (χ4n) is 3.08. The molecule has 0 N–H and O–H groups in total. The number of aromatic nitrogens is 3. The number of piperazine rings is 1. The monoisotopic (exact) mass is 402 g/mol. The van der Waals surface area contributed by atoms with Gasteiger partial charge in [-0.15, -0.1) is 24.8 Å². The summed E-state index contributed by atoms with van der Waals surface area (Å²) in [4.78, 5) is 21.3. The van der Waals surface area contributed by atoms with Gasteiger partial charge < -0.3 is 14.7 Å². The zero-order chi connectivity index (χ0) is 15.6. The number of hydrogen-bond donors (Lipinski definition) is 0. The van der Waals surface area contributed by atoms with Crippen molar-refractivity contribution >= 4 is 59.4 Å². The maximum atomic E-state index is 4.92. The molecule has 25 heavy (non-hydrogen) atoms. The Bertz CT molecular complexity index is 689. The third-order valence-electron chi connectivity index (χ3n) is 4.52. The lowest BCUT2D eigenvalue weighted by Gasteiger charge is -2.33. The van der Waals surface area contributed by atoms with Crippen molar-refractivity contribution in [1.82, 2.24) is 19.9 Å². The molecule has 0 bridgehead atoms. The number of nitrogens with zero attached hydrogens (tertiary/aromatic N) is 6. The lowest BCUT2D eigenvalue weighted by molar-refractivity contribution is 0.311. The molecule has 4 rings (SSSR count). The van der Waals surface area contributed by atoms with E-state index < -0.39 is 0 Å². The minimum Gasteiger partial charge on any atom is -0.353 e. The minimum atomic E-state index is 0. The highest BCUT2D eigenvalue weighted by atomic mass is 35.5. The molecule has 0 spiro atoms. The summed E-state index contributed by atoms with van der Waals surface area (Å²) in [6, 6.07) is 4.00. The summed E-state index contributed by atoms with van der Waals surface area (Å²) in [5.41, 5.74) is 1.88. The molecule has 6 nitrogen and oxygen atoms in total. The summed E-state index contributed by atoms with van der Waals surface area (Å²) >= 11 is 2.01. The van der Waals surface area contributed by atoms with Gasteiger partial charge in [0.05, 0.1) is 5.52 Å². The summed E-state index contributed by atoms with van der Waals surface area (Å²) in [6.45, 7) is 6.16. The van der Waals surface area contributed by atoms with Gasteiger partial charge in [-0.05, 0) is 19.2 Å². The Morgan fingerprint density at radius 3 is 2.36 bits per heavy atom. The molecule has 2 aliphatic heterocycles. The molecule has 0 aromatic carbocycles. The predicted molar refractivity (Wildman–Crippen MR) is 111 cm³/mol. The van der Waals surface area contributed by atoms with Gasteiger partial charge in [-0.3, -0.25) is 4.98 Å². The first-order valence-electron chi connectivity index (χ1n) is 8.20. The van der Waals surface area contributed by atoms with E-state index in [0.29, 0.717) is 0 Å². The Hall–Kier alpha value is -1.02. The highest BCUT2D eigenvalue weighted by Crippen LogP contribution is 2.27. The van der Waals surface area contributed by atoms with Gasteiger partial charge in [0.1, 0.15) is 5.52 Å². The molecule has 0 aliphatic carbocycles. The fourth-order valence-corrected chi connectivity index (χ4v) is 3.99. The molecule has 0 unspecified atom stereocenters. The first-order chi connectivity index (χ1) is 11.3. The molecule has 2 saturated heterocycles. The molecular formula is C16H24Cl2N6S. The van der Waals surface area contributed by atoms with E-state index in [9.17, 15) is 0 Å². The second-order valence-electron chi connectivity index (χ2n) is 6.11. The fraction of sp³-hybridized carbons (Fsp3) is 0.562. The van der Waals surface area contributed by atoms with Crippen molar-refractivity contribution in [2.24, 2.45) is 0 Å². The van der Waals surface area contributed by atoms with E-state index in [4.69, 9.17) is 9.97 Å². The number of rotatable bonds is 2. The SMILES string of the molecule is CN1CCN(c2nc(N3CCSCC3)c3ncccc3n2)CC1.Cl.Cl. The summed E-state index contributed by atoms with van der Waals surface area (Å²) in [5.74, 6) is 4.17. The molecule has 2 aliphatic rings. The lowest BCUT2D eigenvalue weighted by atomic mass is 10.3. The molecule has 2 aromatic heterocycles. The Morgan fingerprint density at radius 1 is 0.920 bits per heavy atom. The Morgan fingerprint density at radius 2 is 1.64 bits per heavy atom. The topological polar surface area (TPSA) is 48.4 Å². The van der Waals surface area contributed by atoms with Crippen molar-refractivity contribution in [3.8, 4) is 0 Å². The first-order valence-corrected chi connectivity index (χ1v) is 9.36. The zero-order valence-electron chi connectivity index (χ0n) is 14.3. The van der Waals surface area contributed by atoms with Crippen LogP contribution in [0.15, 0.2) is 18.3 Å². The van der Waals surface area contributed by atoms with Crippen molar-refractivity contribution in [1.29, 1.82) is 0 Å². The van der Waals surface area contributed by atoms with Crippen molar-refractivity contribution in [2.75, 3.05) is 67.6 Å². The summed E-state index contributed by atoms with van der Waals surface area (Å²) in [6.07, 6.45) is 1.84. The molecule has 9 heteroatoms. The van der Waals surface area contributed by atoms with Crippen molar-refractivity contribution in [3.63, 3.8) is 0 Å². The van der Waals surface area contributed by atoms with Gasteiger partial charge in [0, 0.05) is 57.0 Å².